The maximum absolute atomic E-state index is 12.0. The van der Waals surface area contributed by atoms with Crippen LogP contribution in [-0.2, 0) is 31.0 Å². The number of aromatic nitrogens is 4. The third-order valence-electron chi connectivity index (χ3n) is 3.89. The molecule has 0 aliphatic carbocycles. The number of imidazole rings is 1. The average molecular weight is 328 g/mol. The second-order valence-electron chi connectivity index (χ2n) is 5.39. The smallest absolute Gasteiger partial charge is 0.352 e. The molecule has 0 radical (unpaired) electrons. The van der Waals surface area contributed by atoms with E-state index in [1.165, 1.54) is 4.57 Å². The summed E-state index contributed by atoms with van der Waals surface area (Å²) in [6, 6.07) is 9.87. The molecular weight excluding hydrogens is 308 g/mol. The molecule has 0 amide bonds. The van der Waals surface area contributed by atoms with Crippen molar-refractivity contribution >= 4 is 11.2 Å². The van der Waals surface area contributed by atoms with Gasteiger partial charge in [-0.25, -0.2) is 9.78 Å². The number of hydrogen-bond acceptors (Lipinski definition) is 5. The molecule has 0 unspecified atom stereocenters. The number of rotatable bonds is 6. The van der Waals surface area contributed by atoms with Gasteiger partial charge >= 0.3 is 5.69 Å². The SMILES string of the molecule is CCn1c(COCc2ccccc2)nc2c(O)nc(=O)n(CC)c21. The van der Waals surface area contributed by atoms with Crippen molar-refractivity contribution in [3.63, 3.8) is 0 Å². The van der Waals surface area contributed by atoms with E-state index in [1.54, 1.807) is 0 Å². The van der Waals surface area contributed by atoms with Gasteiger partial charge < -0.3 is 14.4 Å². The van der Waals surface area contributed by atoms with Crippen molar-refractivity contribution in [2.45, 2.75) is 40.2 Å². The molecule has 0 bridgehead atoms. The maximum atomic E-state index is 12.0. The maximum Gasteiger partial charge on any atom is 0.352 e. The predicted octanol–water partition coefficient (Wildman–Crippen LogP) is 2.06. The normalized spacial score (nSPS) is 11.2. The highest BCUT2D eigenvalue weighted by molar-refractivity contribution is 5.77. The number of fused-ring (bicyclic) bond motifs is 1. The van der Waals surface area contributed by atoms with Crippen molar-refractivity contribution in [2.75, 3.05) is 0 Å². The van der Waals surface area contributed by atoms with Crippen molar-refractivity contribution in [3.8, 4) is 5.88 Å². The van der Waals surface area contributed by atoms with Gasteiger partial charge in [-0.2, -0.15) is 4.98 Å². The molecule has 1 N–H and O–H groups in total. The van der Waals surface area contributed by atoms with Crippen LogP contribution in [0.2, 0.25) is 0 Å². The number of hydrogen-bond donors (Lipinski definition) is 1. The van der Waals surface area contributed by atoms with Gasteiger partial charge in [-0.15, -0.1) is 0 Å². The molecule has 0 aliphatic rings. The summed E-state index contributed by atoms with van der Waals surface area (Å²) in [7, 11) is 0. The minimum Gasteiger partial charge on any atom is -0.492 e. The predicted molar refractivity (Wildman–Crippen MR) is 89.7 cm³/mol. The van der Waals surface area contributed by atoms with Gasteiger partial charge in [0.15, 0.2) is 5.52 Å². The summed E-state index contributed by atoms with van der Waals surface area (Å²) in [6.07, 6.45) is 0. The Morgan fingerprint density at radius 1 is 1.04 bits per heavy atom. The minimum atomic E-state index is -0.478. The van der Waals surface area contributed by atoms with Crippen LogP contribution in [0, 0.1) is 0 Å². The highest BCUT2D eigenvalue weighted by atomic mass is 16.5. The first-order valence-corrected chi connectivity index (χ1v) is 7.96. The molecule has 0 saturated heterocycles. The number of aromatic hydroxyl groups is 1. The standard InChI is InChI=1S/C17H20N4O3/c1-3-20-13(11-24-10-12-8-6-5-7-9-12)18-14-15(22)19-17(23)21(4-2)16(14)20/h5-9H,3-4,10-11H2,1-2H3,(H,19,22,23). The summed E-state index contributed by atoms with van der Waals surface area (Å²) in [4.78, 5) is 20.0. The molecule has 126 valence electrons. The fourth-order valence-electron chi connectivity index (χ4n) is 2.77. The van der Waals surface area contributed by atoms with E-state index in [9.17, 15) is 9.90 Å². The van der Waals surface area contributed by atoms with Crippen LogP contribution in [0.15, 0.2) is 35.1 Å². The third-order valence-corrected chi connectivity index (χ3v) is 3.89. The first-order chi connectivity index (χ1) is 11.7. The lowest BCUT2D eigenvalue weighted by Crippen LogP contribution is -2.24. The van der Waals surface area contributed by atoms with E-state index in [2.05, 4.69) is 9.97 Å². The molecule has 0 aliphatic heterocycles. The van der Waals surface area contributed by atoms with Crippen LogP contribution in [-0.4, -0.2) is 24.2 Å². The zero-order valence-electron chi connectivity index (χ0n) is 13.8. The molecule has 2 aromatic heterocycles. The first-order valence-electron chi connectivity index (χ1n) is 7.96. The quantitative estimate of drug-likeness (QED) is 0.749. The Kier molecular flexibility index (Phi) is 4.61. The molecule has 0 saturated carbocycles. The Morgan fingerprint density at radius 3 is 2.42 bits per heavy atom. The van der Waals surface area contributed by atoms with Gasteiger partial charge in [0.1, 0.15) is 18.1 Å². The van der Waals surface area contributed by atoms with E-state index in [1.807, 2.05) is 48.7 Å². The van der Waals surface area contributed by atoms with E-state index in [4.69, 9.17) is 4.74 Å². The fourth-order valence-corrected chi connectivity index (χ4v) is 2.77. The van der Waals surface area contributed by atoms with E-state index in [-0.39, 0.29) is 12.5 Å². The number of benzene rings is 1. The van der Waals surface area contributed by atoms with Gasteiger partial charge in [0, 0.05) is 13.1 Å². The average Bonchev–Trinajstić information content (AvgIpc) is 2.95. The van der Waals surface area contributed by atoms with Gasteiger partial charge in [-0.1, -0.05) is 30.3 Å². The van der Waals surface area contributed by atoms with Gasteiger partial charge in [0.25, 0.3) is 0 Å². The lowest BCUT2D eigenvalue weighted by molar-refractivity contribution is 0.0997. The molecule has 0 fully saturated rings. The minimum absolute atomic E-state index is 0.286. The third kappa shape index (κ3) is 2.90. The van der Waals surface area contributed by atoms with E-state index in [0.717, 1.165) is 5.56 Å². The van der Waals surface area contributed by atoms with Crippen LogP contribution in [0.4, 0.5) is 0 Å². The molecule has 0 spiro atoms. The number of nitrogens with zero attached hydrogens (tertiary/aromatic N) is 4. The molecule has 3 rings (SSSR count). The second-order valence-corrected chi connectivity index (χ2v) is 5.39. The molecule has 24 heavy (non-hydrogen) atoms. The summed E-state index contributed by atoms with van der Waals surface area (Å²) < 4.78 is 9.14. The molecule has 3 aromatic rings. The Hall–Kier alpha value is -2.67. The zero-order valence-corrected chi connectivity index (χ0v) is 13.8. The topological polar surface area (TPSA) is 82.2 Å². The van der Waals surface area contributed by atoms with E-state index < -0.39 is 5.69 Å². The van der Waals surface area contributed by atoms with E-state index in [0.29, 0.717) is 36.7 Å². The fraction of sp³-hybridized carbons (Fsp3) is 0.353. The second kappa shape index (κ2) is 6.84. The summed E-state index contributed by atoms with van der Waals surface area (Å²) in [5, 5.41) is 9.97. The first kappa shape index (κ1) is 16.2. The van der Waals surface area contributed by atoms with Crippen LogP contribution in [0.1, 0.15) is 25.2 Å². The Bertz CT molecular complexity index is 900. The number of ether oxygens (including phenoxy) is 1. The van der Waals surface area contributed by atoms with Gasteiger partial charge in [0.05, 0.1) is 6.61 Å². The number of aryl methyl sites for hydroxylation is 2. The largest absolute Gasteiger partial charge is 0.492 e. The summed E-state index contributed by atoms with van der Waals surface area (Å²) in [5.41, 5.74) is 1.51. The molecular formula is C17H20N4O3. The van der Waals surface area contributed by atoms with E-state index >= 15 is 0 Å². The van der Waals surface area contributed by atoms with Gasteiger partial charge in [-0.3, -0.25) is 4.57 Å². The summed E-state index contributed by atoms with van der Waals surface area (Å²) in [5.74, 6) is 0.324. The van der Waals surface area contributed by atoms with Crippen molar-refractivity contribution in [3.05, 3.63) is 52.2 Å². The summed E-state index contributed by atoms with van der Waals surface area (Å²) >= 11 is 0. The van der Waals surface area contributed by atoms with Gasteiger partial charge in [-0.05, 0) is 19.4 Å². The highest BCUT2D eigenvalue weighted by Gasteiger charge is 2.18. The van der Waals surface area contributed by atoms with Crippen molar-refractivity contribution in [1.29, 1.82) is 0 Å². The van der Waals surface area contributed by atoms with Crippen molar-refractivity contribution < 1.29 is 9.84 Å². The highest BCUT2D eigenvalue weighted by Crippen LogP contribution is 2.22. The molecule has 2 heterocycles. The van der Waals surface area contributed by atoms with Crippen LogP contribution >= 0.6 is 0 Å². The van der Waals surface area contributed by atoms with Crippen LogP contribution in [0.3, 0.4) is 0 Å². The molecule has 1 aromatic carbocycles. The molecule has 7 heteroatoms. The Morgan fingerprint density at radius 2 is 1.75 bits per heavy atom. The monoisotopic (exact) mass is 328 g/mol. The summed E-state index contributed by atoms with van der Waals surface area (Å²) in [6.45, 7) is 5.65. The lowest BCUT2D eigenvalue weighted by Gasteiger charge is -2.10. The van der Waals surface area contributed by atoms with Gasteiger partial charge in [0.2, 0.25) is 5.88 Å². The van der Waals surface area contributed by atoms with Crippen molar-refractivity contribution in [1.82, 2.24) is 19.1 Å². The Balaban J connectivity index is 1.93. The van der Waals surface area contributed by atoms with Crippen LogP contribution < -0.4 is 5.69 Å². The molecule has 7 nitrogen and oxygen atoms in total. The zero-order chi connectivity index (χ0) is 17.1. The van der Waals surface area contributed by atoms with Crippen LogP contribution in [0.25, 0.3) is 11.2 Å². The molecule has 0 atom stereocenters. The van der Waals surface area contributed by atoms with Crippen molar-refractivity contribution in [2.24, 2.45) is 0 Å². The van der Waals surface area contributed by atoms with Crippen LogP contribution in [0.5, 0.6) is 5.88 Å². The lowest BCUT2D eigenvalue weighted by atomic mass is 10.2. The Labute approximate surface area is 139 Å².